The van der Waals surface area contributed by atoms with Crippen LogP contribution in [-0.4, -0.2) is 35.3 Å². The van der Waals surface area contributed by atoms with Crippen LogP contribution < -0.4 is 0 Å². The standard InChI is InChI=1S/C17H20NO5/c1-16(2)21-13-11-12(14(19)18-3)17(11,23-15(13)22-16)20-9-10-7-5-4-6-8-10/h3-8,11-15,19H,9H2,1-2H3/q+1/t11?,12-,13?,14-,15-,17?/m0/s1. The van der Waals surface area contributed by atoms with Crippen molar-refractivity contribution in [3.63, 3.8) is 0 Å². The van der Waals surface area contributed by atoms with Crippen LogP contribution in [0.15, 0.2) is 30.3 Å². The van der Waals surface area contributed by atoms with Crippen molar-refractivity contribution in [2.75, 3.05) is 0 Å². The first-order chi connectivity index (χ1) is 11.0. The van der Waals surface area contributed by atoms with Gasteiger partial charge in [0.25, 0.3) is 6.57 Å². The Balaban J connectivity index is 1.53. The molecule has 2 heterocycles. The number of fused-ring (bicyclic) bond motifs is 3. The molecule has 2 aliphatic heterocycles. The fourth-order valence-electron chi connectivity index (χ4n) is 3.74. The zero-order valence-electron chi connectivity index (χ0n) is 13.1. The van der Waals surface area contributed by atoms with E-state index in [9.17, 15) is 5.11 Å². The molecule has 6 heteroatoms. The minimum Gasteiger partial charge on any atom is -0.344 e. The molecule has 23 heavy (non-hydrogen) atoms. The second-order valence-corrected chi connectivity index (χ2v) is 6.70. The summed E-state index contributed by atoms with van der Waals surface area (Å²) >= 11 is 0. The van der Waals surface area contributed by atoms with E-state index in [1.54, 1.807) is 0 Å². The van der Waals surface area contributed by atoms with Gasteiger partial charge in [-0.25, -0.2) is 0 Å². The lowest BCUT2D eigenvalue weighted by molar-refractivity contribution is -0.272. The Morgan fingerprint density at radius 1 is 1.26 bits per heavy atom. The number of hydrogen-bond donors (Lipinski definition) is 1. The number of nitrogens with zero attached hydrogens (tertiary/aromatic N) is 1. The van der Waals surface area contributed by atoms with Crippen LogP contribution in [0.5, 0.6) is 0 Å². The third kappa shape index (κ3) is 2.28. The van der Waals surface area contributed by atoms with E-state index in [4.69, 9.17) is 25.5 Å². The summed E-state index contributed by atoms with van der Waals surface area (Å²) in [6.07, 6.45) is -1.83. The summed E-state index contributed by atoms with van der Waals surface area (Å²) in [5, 5.41) is 10.1. The molecule has 1 aliphatic carbocycles. The Morgan fingerprint density at radius 3 is 2.70 bits per heavy atom. The van der Waals surface area contributed by atoms with Crippen LogP contribution in [-0.2, 0) is 25.6 Å². The molecule has 1 aromatic rings. The lowest BCUT2D eigenvalue weighted by Gasteiger charge is -2.22. The molecule has 0 radical (unpaired) electrons. The lowest BCUT2D eigenvalue weighted by atomic mass is 10.2. The second-order valence-electron chi connectivity index (χ2n) is 6.70. The van der Waals surface area contributed by atoms with Gasteiger partial charge in [0.1, 0.15) is 12.0 Å². The molecule has 1 saturated carbocycles. The highest BCUT2D eigenvalue weighted by atomic mass is 16.9. The molecule has 3 unspecified atom stereocenters. The molecule has 2 saturated heterocycles. The quantitative estimate of drug-likeness (QED) is 0.919. The van der Waals surface area contributed by atoms with Gasteiger partial charge >= 0.3 is 6.23 Å². The van der Waals surface area contributed by atoms with E-state index >= 15 is 0 Å². The Kier molecular flexibility index (Phi) is 3.28. The number of aliphatic hydroxyl groups is 1. The Labute approximate surface area is 134 Å². The van der Waals surface area contributed by atoms with Crippen molar-refractivity contribution in [2.45, 2.75) is 50.7 Å². The molecule has 6 nitrogen and oxygen atoms in total. The highest BCUT2D eigenvalue weighted by Gasteiger charge is 2.84. The number of aliphatic hydroxyl groups excluding tert-OH is 1. The zero-order valence-corrected chi connectivity index (χ0v) is 13.1. The molecule has 6 atom stereocenters. The third-order valence-corrected chi connectivity index (χ3v) is 4.73. The van der Waals surface area contributed by atoms with Gasteiger partial charge in [0.05, 0.1) is 12.5 Å². The van der Waals surface area contributed by atoms with Crippen LogP contribution in [0.25, 0.3) is 4.85 Å². The van der Waals surface area contributed by atoms with E-state index < -0.39 is 24.1 Å². The minimum absolute atomic E-state index is 0.153. The fourth-order valence-corrected chi connectivity index (χ4v) is 3.74. The molecule has 0 amide bonds. The van der Waals surface area contributed by atoms with E-state index in [-0.39, 0.29) is 17.9 Å². The first-order valence-electron chi connectivity index (χ1n) is 7.76. The van der Waals surface area contributed by atoms with Crippen LogP contribution in [0, 0.1) is 18.4 Å². The van der Waals surface area contributed by atoms with Gasteiger partial charge in [-0.2, -0.15) is 0 Å². The van der Waals surface area contributed by atoms with Gasteiger partial charge < -0.3 is 24.1 Å². The van der Waals surface area contributed by atoms with Crippen molar-refractivity contribution in [2.24, 2.45) is 11.8 Å². The van der Waals surface area contributed by atoms with Gasteiger partial charge in [0, 0.05) is 0 Å². The second kappa shape index (κ2) is 5.00. The fraction of sp³-hybridized carbons (Fsp3) is 0.588. The first-order valence-corrected chi connectivity index (χ1v) is 7.76. The first kappa shape index (κ1) is 15.1. The summed E-state index contributed by atoms with van der Waals surface area (Å²) in [7, 11) is 0. The van der Waals surface area contributed by atoms with Gasteiger partial charge in [-0.1, -0.05) is 35.2 Å². The van der Waals surface area contributed by atoms with Gasteiger partial charge in [-0.05, 0) is 19.4 Å². The number of hydrogen-bond acceptors (Lipinski definition) is 5. The van der Waals surface area contributed by atoms with Gasteiger partial charge in [-0.3, -0.25) is 0 Å². The summed E-state index contributed by atoms with van der Waals surface area (Å²) in [5.41, 5.74) is 1.02. The summed E-state index contributed by atoms with van der Waals surface area (Å²) in [6, 6.07) is 9.78. The summed E-state index contributed by atoms with van der Waals surface area (Å²) in [6.45, 7) is 9.30. The zero-order chi connectivity index (χ0) is 16.2. The Hall–Kier alpha value is -1.49. The van der Waals surface area contributed by atoms with Crippen molar-refractivity contribution in [3.05, 3.63) is 40.7 Å². The van der Waals surface area contributed by atoms with E-state index in [1.807, 2.05) is 44.2 Å². The van der Waals surface area contributed by atoms with Gasteiger partial charge in [0.2, 0.25) is 0 Å². The van der Waals surface area contributed by atoms with Crippen LogP contribution in [0.1, 0.15) is 19.4 Å². The molecular formula is C17H20NO5+. The maximum absolute atomic E-state index is 10.1. The average molecular weight is 318 g/mol. The Morgan fingerprint density at radius 2 is 2.00 bits per heavy atom. The average Bonchev–Trinajstić information content (AvgIpc) is 2.93. The number of ether oxygens (including phenoxy) is 4. The molecule has 0 bridgehead atoms. The minimum atomic E-state index is -1.05. The van der Waals surface area contributed by atoms with E-state index in [2.05, 4.69) is 4.85 Å². The van der Waals surface area contributed by atoms with Crippen molar-refractivity contribution < 1.29 is 24.1 Å². The van der Waals surface area contributed by atoms with E-state index in [0.29, 0.717) is 6.61 Å². The van der Waals surface area contributed by atoms with Gasteiger partial charge in [0.15, 0.2) is 17.9 Å². The predicted octanol–water partition coefficient (Wildman–Crippen LogP) is 1.93. The highest BCUT2D eigenvalue weighted by molar-refractivity contribution is 5.22. The van der Waals surface area contributed by atoms with Crippen molar-refractivity contribution in [3.8, 4) is 6.57 Å². The summed E-state index contributed by atoms with van der Waals surface area (Å²) in [5.74, 6) is -2.17. The van der Waals surface area contributed by atoms with Crippen molar-refractivity contribution in [1.29, 1.82) is 0 Å². The normalized spacial score (nSPS) is 41.0. The number of rotatable bonds is 4. The topological polar surface area (TPSA) is 61.5 Å². The molecule has 1 N–H and O–H groups in total. The van der Waals surface area contributed by atoms with Crippen LogP contribution in [0.4, 0.5) is 0 Å². The van der Waals surface area contributed by atoms with Crippen LogP contribution in [0.2, 0.25) is 0 Å². The smallest absolute Gasteiger partial charge is 0.344 e. The summed E-state index contributed by atoms with van der Waals surface area (Å²) < 4.78 is 23.7. The van der Waals surface area contributed by atoms with Crippen molar-refractivity contribution >= 4 is 0 Å². The lowest BCUT2D eigenvalue weighted by Crippen LogP contribution is -2.31. The predicted molar refractivity (Wildman–Crippen MR) is 80.2 cm³/mol. The largest absolute Gasteiger partial charge is 0.382 e. The number of benzene rings is 1. The molecule has 3 aliphatic rings. The SMILES string of the molecule is C#[N+][C@@H](O)[C@@H]1C2C3OC(C)(C)O[C@H]3OC21OCc1ccccc1. The van der Waals surface area contributed by atoms with Crippen LogP contribution in [0.3, 0.4) is 0 Å². The maximum Gasteiger partial charge on any atom is 0.382 e. The molecule has 4 rings (SSSR count). The third-order valence-electron chi connectivity index (χ3n) is 4.73. The van der Waals surface area contributed by atoms with E-state index in [1.165, 1.54) is 0 Å². The highest BCUT2D eigenvalue weighted by Crippen LogP contribution is 2.67. The molecule has 0 spiro atoms. The monoisotopic (exact) mass is 318 g/mol. The van der Waals surface area contributed by atoms with Gasteiger partial charge in [-0.15, -0.1) is 0 Å². The van der Waals surface area contributed by atoms with E-state index in [0.717, 1.165) is 5.56 Å². The summed E-state index contributed by atoms with van der Waals surface area (Å²) in [4.78, 5) is 3.48. The molecule has 0 aromatic heterocycles. The van der Waals surface area contributed by atoms with Crippen LogP contribution >= 0.6 is 0 Å². The molecule has 1 aromatic carbocycles. The molecular weight excluding hydrogens is 298 g/mol. The molecule has 3 fully saturated rings. The maximum atomic E-state index is 10.1. The van der Waals surface area contributed by atoms with Crippen molar-refractivity contribution in [1.82, 2.24) is 0 Å². The molecule has 122 valence electrons. The Bertz CT molecular complexity index is 642.